The molecule has 0 radical (unpaired) electrons. The molecule has 5 N–H and O–H groups in total. The second-order valence-corrected chi connectivity index (χ2v) is 2.66. The molecule has 1 heterocycles. The summed E-state index contributed by atoms with van der Waals surface area (Å²) in [5.41, 5.74) is 6.38. The average molecular weight is 198 g/mol. The van der Waals surface area contributed by atoms with E-state index in [1.807, 2.05) is 6.08 Å². The molecule has 0 bridgehead atoms. The lowest BCUT2D eigenvalue weighted by Gasteiger charge is -2.04. The SMILES string of the molecule is COC(=O)NC/C=C/C1=CNC(N)N1. The molecular weight excluding hydrogens is 184 g/mol. The molecule has 0 aromatic carbocycles. The Labute approximate surface area is 82.2 Å². The molecule has 1 aliphatic heterocycles. The zero-order chi connectivity index (χ0) is 10.4. The number of alkyl carbamates (subject to hydrolysis) is 1. The highest BCUT2D eigenvalue weighted by atomic mass is 16.5. The average Bonchev–Trinajstić information content (AvgIpc) is 2.58. The number of allylic oxidation sites excluding steroid dienone is 1. The second-order valence-electron chi connectivity index (χ2n) is 2.66. The number of ether oxygens (including phenoxy) is 1. The normalized spacial score (nSPS) is 19.9. The Balaban J connectivity index is 2.18. The molecule has 1 atom stereocenters. The van der Waals surface area contributed by atoms with Crippen molar-refractivity contribution in [3.63, 3.8) is 0 Å². The number of nitrogens with one attached hydrogen (secondary N) is 3. The zero-order valence-electron chi connectivity index (χ0n) is 7.91. The maximum atomic E-state index is 10.6. The Hall–Kier alpha value is -1.69. The molecule has 0 fully saturated rings. The number of carbonyl (C=O) groups is 1. The van der Waals surface area contributed by atoms with Gasteiger partial charge in [-0.05, 0) is 6.08 Å². The van der Waals surface area contributed by atoms with Gasteiger partial charge < -0.3 is 20.7 Å². The summed E-state index contributed by atoms with van der Waals surface area (Å²) in [5, 5.41) is 8.34. The van der Waals surface area contributed by atoms with Gasteiger partial charge in [0.2, 0.25) is 0 Å². The fourth-order valence-electron chi connectivity index (χ4n) is 0.939. The highest BCUT2D eigenvalue weighted by molar-refractivity contribution is 5.67. The smallest absolute Gasteiger partial charge is 0.407 e. The molecule has 0 spiro atoms. The number of rotatable bonds is 3. The van der Waals surface area contributed by atoms with E-state index < -0.39 is 6.09 Å². The van der Waals surface area contributed by atoms with E-state index in [0.29, 0.717) is 6.54 Å². The summed E-state index contributed by atoms with van der Waals surface area (Å²) in [5.74, 6) is 0. The van der Waals surface area contributed by atoms with Gasteiger partial charge >= 0.3 is 6.09 Å². The molecular formula is C8H14N4O2. The Bertz CT molecular complexity index is 262. The Morgan fingerprint density at radius 2 is 2.64 bits per heavy atom. The zero-order valence-corrected chi connectivity index (χ0v) is 7.91. The van der Waals surface area contributed by atoms with Crippen molar-refractivity contribution in [1.82, 2.24) is 16.0 Å². The van der Waals surface area contributed by atoms with Gasteiger partial charge in [-0.3, -0.25) is 5.73 Å². The van der Waals surface area contributed by atoms with Crippen LogP contribution in [-0.4, -0.2) is 26.0 Å². The fourth-order valence-corrected chi connectivity index (χ4v) is 0.939. The van der Waals surface area contributed by atoms with Crippen molar-refractivity contribution in [3.05, 3.63) is 24.0 Å². The van der Waals surface area contributed by atoms with Gasteiger partial charge in [0.1, 0.15) is 6.29 Å². The topological polar surface area (TPSA) is 88.4 Å². The summed E-state index contributed by atoms with van der Waals surface area (Å²) >= 11 is 0. The fraction of sp³-hybridized carbons (Fsp3) is 0.375. The van der Waals surface area contributed by atoms with Crippen molar-refractivity contribution < 1.29 is 9.53 Å². The molecule has 1 aliphatic rings. The highest BCUT2D eigenvalue weighted by Crippen LogP contribution is 1.95. The molecule has 0 saturated heterocycles. The molecule has 0 aromatic heterocycles. The van der Waals surface area contributed by atoms with E-state index in [1.54, 1.807) is 12.3 Å². The third-order valence-electron chi connectivity index (χ3n) is 1.59. The maximum Gasteiger partial charge on any atom is 0.407 e. The Morgan fingerprint density at radius 1 is 1.86 bits per heavy atom. The molecule has 6 heteroatoms. The van der Waals surface area contributed by atoms with Crippen LogP contribution in [-0.2, 0) is 4.74 Å². The maximum absolute atomic E-state index is 10.6. The van der Waals surface area contributed by atoms with Crippen LogP contribution in [0.5, 0.6) is 0 Å². The molecule has 1 unspecified atom stereocenters. The first-order valence-electron chi connectivity index (χ1n) is 4.19. The van der Waals surface area contributed by atoms with Crippen LogP contribution in [0.1, 0.15) is 0 Å². The number of methoxy groups -OCH3 is 1. The van der Waals surface area contributed by atoms with Gasteiger partial charge in [0.25, 0.3) is 0 Å². The van der Waals surface area contributed by atoms with Crippen molar-refractivity contribution in [2.45, 2.75) is 6.29 Å². The molecule has 1 amide bonds. The Kier molecular flexibility index (Phi) is 3.81. The minimum atomic E-state index is -0.446. The van der Waals surface area contributed by atoms with E-state index in [2.05, 4.69) is 20.7 Å². The molecule has 1 rings (SSSR count). The third kappa shape index (κ3) is 3.36. The predicted molar refractivity (Wildman–Crippen MR) is 51.9 cm³/mol. The van der Waals surface area contributed by atoms with Gasteiger partial charge in [-0.1, -0.05) is 6.08 Å². The van der Waals surface area contributed by atoms with Gasteiger partial charge in [0.15, 0.2) is 0 Å². The van der Waals surface area contributed by atoms with Gasteiger partial charge in [0.05, 0.1) is 12.8 Å². The standard InChI is InChI=1S/C8H14N4O2/c1-14-8(13)10-4-2-3-6-5-11-7(9)12-6/h2-3,5,7,11-12H,4,9H2,1H3,(H,10,13)/b3-2+. The third-order valence-corrected chi connectivity index (χ3v) is 1.59. The summed E-state index contributed by atoms with van der Waals surface area (Å²) in [6.45, 7) is 0.418. The van der Waals surface area contributed by atoms with E-state index in [1.165, 1.54) is 7.11 Å². The van der Waals surface area contributed by atoms with Crippen molar-refractivity contribution in [1.29, 1.82) is 0 Å². The second kappa shape index (κ2) is 5.13. The number of hydrogen-bond donors (Lipinski definition) is 4. The molecule has 78 valence electrons. The van der Waals surface area contributed by atoms with Gasteiger partial charge in [-0.25, -0.2) is 4.79 Å². The van der Waals surface area contributed by atoms with Crippen molar-refractivity contribution in [2.75, 3.05) is 13.7 Å². The summed E-state index contributed by atoms with van der Waals surface area (Å²) in [7, 11) is 1.32. The predicted octanol–water partition coefficient (Wildman–Crippen LogP) is -0.825. The number of nitrogens with two attached hydrogens (primary N) is 1. The molecule has 0 aliphatic carbocycles. The van der Waals surface area contributed by atoms with Gasteiger partial charge in [-0.15, -0.1) is 0 Å². The summed E-state index contributed by atoms with van der Waals surface area (Å²) in [4.78, 5) is 10.6. The quantitative estimate of drug-likeness (QED) is 0.475. The van der Waals surface area contributed by atoms with Gasteiger partial charge in [0, 0.05) is 12.7 Å². The molecule has 6 nitrogen and oxygen atoms in total. The lowest BCUT2D eigenvalue weighted by Crippen LogP contribution is -2.40. The first-order chi connectivity index (χ1) is 6.72. The number of carbonyl (C=O) groups excluding carboxylic acids is 1. The minimum Gasteiger partial charge on any atom is -0.453 e. The molecule has 0 saturated carbocycles. The van der Waals surface area contributed by atoms with Crippen LogP contribution in [0.15, 0.2) is 24.0 Å². The van der Waals surface area contributed by atoms with Crippen LogP contribution in [0, 0.1) is 0 Å². The van der Waals surface area contributed by atoms with Crippen molar-refractivity contribution in [3.8, 4) is 0 Å². The van der Waals surface area contributed by atoms with Crippen molar-refractivity contribution >= 4 is 6.09 Å². The lowest BCUT2D eigenvalue weighted by atomic mass is 10.4. The largest absolute Gasteiger partial charge is 0.453 e. The van der Waals surface area contributed by atoms with E-state index in [9.17, 15) is 4.79 Å². The van der Waals surface area contributed by atoms with E-state index in [-0.39, 0.29) is 6.29 Å². The summed E-state index contributed by atoms with van der Waals surface area (Å²) < 4.78 is 4.39. The van der Waals surface area contributed by atoms with Crippen LogP contribution >= 0.6 is 0 Å². The molecule has 0 aromatic rings. The van der Waals surface area contributed by atoms with E-state index in [4.69, 9.17) is 5.73 Å². The van der Waals surface area contributed by atoms with Crippen LogP contribution in [0.25, 0.3) is 0 Å². The summed E-state index contributed by atoms with van der Waals surface area (Å²) in [6, 6.07) is 0. The summed E-state index contributed by atoms with van der Waals surface area (Å²) in [6.07, 6.45) is 4.69. The highest BCUT2D eigenvalue weighted by Gasteiger charge is 2.05. The number of amides is 1. The van der Waals surface area contributed by atoms with Crippen LogP contribution < -0.4 is 21.7 Å². The van der Waals surface area contributed by atoms with Gasteiger partial charge in [-0.2, -0.15) is 0 Å². The van der Waals surface area contributed by atoms with Crippen molar-refractivity contribution in [2.24, 2.45) is 5.73 Å². The Morgan fingerprint density at radius 3 is 3.21 bits per heavy atom. The van der Waals surface area contributed by atoms with Crippen LogP contribution in [0.3, 0.4) is 0 Å². The number of hydrogen-bond acceptors (Lipinski definition) is 5. The first kappa shape index (κ1) is 10.4. The lowest BCUT2D eigenvalue weighted by molar-refractivity contribution is 0.172. The monoisotopic (exact) mass is 198 g/mol. The van der Waals surface area contributed by atoms with Crippen LogP contribution in [0.2, 0.25) is 0 Å². The minimum absolute atomic E-state index is 0.233. The first-order valence-corrected chi connectivity index (χ1v) is 4.19. The molecule has 14 heavy (non-hydrogen) atoms. The van der Waals surface area contributed by atoms with E-state index >= 15 is 0 Å². The van der Waals surface area contributed by atoms with E-state index in [0.717, 1.165) is 5.70 Å². The van der Waals surface area contributed by atoms with Crippen LogP contribution in [0.4, 0.5) is 4.79 Å².